The summed E-state index contributed by atoms with van der Waals surface area (Å²) >= 11 is 1.58. The molecule has 222 valence electrons. The average Bonchev–Trinajstić information content (AvgIpc) is 3.31. The van der Waals surface area contributed by atoms with Crippen molar-refractivity contribution in [3.05, 3.63) is 70.9 Å². The standard InChI is InChI=1S/C32H39N5O4S/c1-21-9-7-8-10-25(21)29-28-30(32(3,4)5)33-37(23-11-13-24(41-6)14-12-23)31(28)36(27(40)20-42-29)19-26(39)35-17-15-34(16-18-35)22(2)38/h7-14,29H,15-20H2,1-6H3. The van der Waals surface area contributed by atoms with Gasteiger partial charge in [-0.2, -0.15) is 5.10 Å². The lowest BCUT2D eigenvalue weighted by Gasteiger charge is -2.35. The highest BCUT2D eigenvalue weighted by atomic mass is 32.2. The number of aryl methyl sites for hydroxylation is 1. The summed E-state index contributed by atoms with van der Waals surface area (Å²) in [6, 6.07) is 15.8. The number of benzene rings is 2. The van der Waals surface area contributed by atoms with Crippen molar-refractivity contribution in [2.24, 2.45) is 0 Å². The molecule has 0 spiro atoms. The van der Waals surface area contributed by atoms with Crippen LogP contribution in [0.15, 0.2) is 48.5 Å². The van der Waals surface area contributed by atoms with E-state index >= 15 is 0 Å². The lowest BCUT2D eigenvalue weighted by molar-refractivity contribution is -0.137. The predicted octanol–water partition coefficient (Wildman–Crippen LogP) is 4.35. The first-order valence-electron chi connectivity index (χ1n) is 14.3. The van der Waals surface area contributed by atoms with Crippen LogP contribution in [-0.2, 0) is 19.8 Å². The van der Waals surface area contributed by atoms with Gasteiger partial charge in [-0.25, -0.2) is 4.68 Å². The van der Waals surface area contributed by atoms with Gasteiger partial charge in [0.05, 0.1) is 29.5 Å². The third-order valence-electron chi connectivity index (χ3n) is 7.96. The Hall–Kier alpha value is -3.79. The van der Waals surface area contributed by atoms with E-state index in [-0.39, 0.29) is 40.7 Å². The zero-order valence-electron chi connectivity index (χ0n) is 25.2. The SMILES string of the molecule is COc1ccc(-n2nc(C(C)(C)C)c3c2N(CC(=O)N2CCN(C(C)=O)CC2)C(=O)CSC3c2ccccc2C)cc1. The van der Waals surface area contributed by atoms with E-state index in [0.717, 1.165) is 28.1 Å². The minimum atomic E-state index is -0.338. The van der Waals surface area contributed by atoms with Crippen molar-refractivity contribution in [2.75, 3.05) is 50.5 Å². The number of methoxy groups -OCH3 is 1. The summed E-state index contributed by atoms with van der Waals surface area (Å²) < 4.78 is 7.22. The Morgan fingerprint density at radius 1 is 1.00 bits per heavy atom. The van der Waals surface area contributed by atoms with Gasteiger partial charge in [-0.1, -0.05) is 45.0 Å². The second kappa shape index (κ2) is 11.8. The topological polar surface area (TPSA) is 88.0 Å². The molecule has 10 heteroatoms. The minimum absolute atomic E-state index is 0.00631. The molecular formula is C32H39N5O4S. The van der Waals surface area contributed by atoms with Crippen LogP contribution in [0.4, 0.5) is 5.82 Å². The molecule has 3 aromatic rings. The van der Waals surface area contributed by atoms with Gasteiger partial charge < -0.3 is 14.5 Å². The Morgan fingerprint density at radius 2 is 1.64 bits per heavy atom. The highest BCUT2D eigenvalue weighted by molar-refractivity contribution is 8.00. The number of fused-ring (bicyclic) bond motifs is 1. The van der Waals surface area contributed by atoms with E-state index in [9.17, 15) is 14.4 Å². The lowest BCUT2D eigenvalue weighted by atomic mass is 9.86. The number of hydrogen-bond acceptors (Lipinski definition) is 6. The summed E-state index contributed by atoms with van der Waals surface area (Å²) in [5.74, 6) is 1.30. The van der Waals surface area contributed by atoms with E-state index in [4.69, 9.17) is 9.84 Å². The maximum absolute atomic E-state index is 14.0. The molecule has 2 aliphatic rings. The molecule has 2 aromatic carbocycles. The molecule has 9 nitrogen and oxygen atoms in total. The van der Waals surface area contributed by atoms with Crippen molar-refractivity contribution in [1.82, 2.24) is 19.6 Å². The van der Waals surface area contributed by atoms with Crippen LogP contribution in [0.5, 0.6) is 5.75 Å². The molecule has 3 heterocycles. The third kappa shape index (κ3) is 5.77. The highest BCUT2D eigenvalue weighted by Gasteiger charge is 2.40. The van der Waals surface area contributed by atoms with Crippen molar-refractivity contribution in [3.8, 4) is 11.4 Å². The molecule has 0 N–H and O–H groups in total. The zero-order valence-corrected chi connectivity index (χ0v) is 26.0. The molecule has 1 atom stereocenters. The van der Waals surface area contributed by atoms with Crippen LogP contribution in [0, 0.1) is 6.92 Å². The summed E-state index contributed by atoms with van der Waals surface area (Å²) in [7, 11) is 1.62. The third-order valence-corrected chi connectivity index (χ3v) is 9.20. The highest BCUT2D eigenvalue weighted by Crippen LogP contribution is 2.49. The Morgan fingerprint density at radius 3 is 2.24 bits per heavy atom. The molecule has 42 heavy (non-hydrogen) atoms. The average molecular weight is 590 g/mol. The fraction of sp³-hybridized carbons (Fsp3) is 0.438. The fourth-order valence-electron chi connectivity index (χ4n) is 5.61. The van der Waals surface area contributed by atoms with Crippen LogP contribution in [0.3, 0.4) is 0 Å². The molecule has 5 rings (SSSR count). The number of anilines is 1. The molecule has 0 saturated carbocycles. The number of nitrogens with zero attached hydrogens (tertiary/aromatic N) is 5. The van der Waals surface area contributed by atoms with Gasteiger partial charge in [0.15, 0.2) is 0 Å². The minimum Gasteiger partial charge on any atom is -0.497 e. The molecule has 1 saturated heterocycles. The smallest absolute Gasteiger partial charge is 0.242 e. The molecule has 0 bridgehead atoms. The molecule has 1 aromatic heterocycles. The van der Waals surface area contributed by atoms with Gasteiger partial charge in [0.2, 0.25) is 17.7 Å². The van der Waals surface area contributed by atoms with Crippen LogP contribution < -0.4 is 9.64 Å². The molecule has 1 unspecified atom stereocenters. The first-order valence-corrected chi connectivity index (χ1v) is 15.3. The van der Waals surface area contributed by atoms with Gasteiger partial charge in [-0.3, -0.25) is 19.3 Å². The van der Waals surface area contributed by atoms with Crippen LogP contribution in [-0.4, -0.2) is 82.9 Å². The Balaban J connectivity index is 1.66. The molecule has 0 radical (unpaired) electrons. The molecular weight excluding hydrogens is 550 g/mol. The summed E-state index contributed by atoms with van der Waals surface area (Å²) in [6.07, 6.45) is 0. The van der Waals surface area contributed by atoms with E-state index in [1.165, 1.54) is 0 Å². The number of carbonyl (C=O) groups is 3. The summed E-state index contributed by atoms with van der Waals surface area (Å²) in [4.78, 5) is 44.6. The Labute approximate surface area is 251 Å². The fourth-order valence-corrected chi connectivity index (χ4v) is 6.90. The first kappa shape index (κ1) is 29.7. The van der Waals surface area contributed by atoms with Gasteiger partial charge in [0, 0.05) is 44.1 Å². The van der Waals surface area contributed by atoms with Crippen LogP contribution in [0.25, 0.3) is 5.69 Å². The molecule has 2 aliphatic heterocycles. The monoisotopic (exact) mass is 589 g/mol. The van der Waals surface area contributed by atoms with E-state index < -0.39 is 0 Å². The lowest BCUT2D eigenvalue weighted by Crippen LogP contribution is -2.53. The van der Waals surface area contributed by atoms with E-state index in [2.05, 4.69) is 39.8 Å². The summed E-state index contributed by atoms with van der Waals surface area (Å²) in [5, 5.41) is 5.02. The number of rotatable bonds is 5. The normalized spacial score (nSPS) is 17.6. The molecule has 0 aliphatic carbocycles. The van der Waals surface area contributed by atoms with Crippen molar-refractivity contribution in [2.45, 2.75) is 45.3 Å². The zero-order chi connectivity index (χ0) is 30.2. The number of carbonyl (C=O) groups excluding carboxylic acids is 3. The van der Waals surface area contributed by atoms with Crippen molar-refractivity contribution in [1.29, 1.82) is 0 Å². The van der Waals surface area contributed by atoms with Gasteiger partial charge in [-0.15, -0.1) is 11.8 Å². The second-order valence-corrected chi connectivity index (χ2v) is 13.0. The molecule has 3 amide bonds. The predicted molar refractivity (Wildman–Crippen MR) is 165 cm³/mol. The maximum atomic E-state index is 14.0. The summed E-state index contributed by atoms with van der Waals surface area (Å²) in [6.45, 7) is 11.8. The van der Waals surface area contributed by atoms with Crippen molar-refractivity contribution < 1.29 is 19.1 Å². The van der Waals surface area contributed by atoms with E-state index in [0.29, 0.717) is 37.7 Å². The van der Waals surface area contributed by atoms with Crippen LogP contribution in [0.2, 0.25) is 0 Å². The van der Waals surface area contributed by atoms with Gasteiger partial charge in [-0.05, 0) is 42.3 Å². The number of thioether (sulfide) groups is 1. The van der Waals surface area contributed by atoms with Crippen molar-refractivity contribution >= 4 is 35.3 Å². The number of ether oxygens (including phenoxy) is 1. The number of amides is 3. The van der Waals surface area contributed by atoms with Gasteiger partial charge >= 0.3 is 0 Å². The van der Waals surface area contributed by atoms with E-state index in [1.54, 1.807) is 40.5 Å². The van der Waals surface area contributed by atoms with Crippen molar-refractivity contribution in [3.63, 3.8) is 0 Å². The quantitative estimate of drug-likeness (QED) is 0.440. The first-order chi connectivity index (χ1) is 20.0. The van der Waals surface area contributed by atoms with Crippen LogP contribution >= 0.6 is 11.8 Å². The maximum Gasteiger partial charge on any atom is 0.242 e. The Kier molecular flexibility index (Phi) is 8.37. The largest absolute Gasteiger partial charge is 0.497 e. The molecule has 1 fully saturated rings. The number of piperazine rings is 1. The number of hydrogen-bond donors (Lipinski definition) is 0. The van der Waals surface area contributed by atoms with E-state index in [1.807, 2.05) is 41.1 Å². The van der Waals surface area contributed by atoms with Crippen LogP contribution in [0.1, 0.15) is 55.3 Å². The summed E-state index contributed by atoms with van der Waals surface area (Å²) in [5.41, 5.74) is 4.55. The Bertz CT molecular complexity index is 1490. The number of aromatic nitrogens is 2. The van der Waals surface area contributed by atoms with Gasteiger partial charge in [0.1, 0.15) is 18.1 Å². The van der Waals surface area contributed by atoms with Gasteiger partial charge in [0.25, 0.3) is 0 Å². The second-order valence-electron chi connectivity index (χ2n) is 11.9.